The number of rotatable bonds is 4. The molecule has 2 heterocycles. The Morgan fingerprint density at radius 1 is 0.871 bits per heavy atom. The van der Waals surface area contributed by atoms with Gasteiger partial charge in [-0.15, -0.1) is 0 Å². The molecule has 0 aliphatic carbocycles. The maximum Gasteiger partial charge on any atom is 0.279 e. The van der Waals surface area contributed by atoms with E-state index in [4.69, 9.17) is 0 Å². The molecular formula is C23H17FN4O2S. The Balaban J connectivity index is 1.62. The van der Waals surface area contributed by atoms with Crippen molar-refractivity contribution in [1.82, 2.24) is 14.4 Å². The van der Waals surface area contributed by atoms with E-state index in [2.05, 4.69) is 15.1 Å². The topological polar surface area (TPSA) is 75.5 Å². The average Bonchev–Trinajstić information content (AvgIpc) is 3.26. The highest BCUT2D eigenvalue weighted by Gasteiger charge is 2.37. The molecule has 0 saturated heterocycles. The van der Waals surface area contributed by atoms with E-state index in [-0.39, 0.29) is 4.90 Å². The number of fused-ring (bicyclic) bond motifs is 1. The zero-order valence-electron chi connectivity index (χ0n) is 16.3. The van der Waals surface area contributed by atoms with Crippen LogP contribution in [0.1, 0.15) is 23.6 Å². The molecule has 1 aromatic heterocycles. The van der Waals surface area contributed by atoms with Gasteiger partial charge in [0.25, 0.3) is 10.0 Å². The van der Waals surface area contributed by atoms with Crippen molar-refractivity contribution in [2.45, 2.75) is 17.4 Å². The molecule has 0 spiro atoms. The van der Waals surface area contributed by atoms with Crippen LogP contribution in [-0.2, 0) is 10.0 Å². The third-order valence-electron chi connectivity index (χ3n) is 5.22. The Hall–Kier alpha value is -3.65. The zero-order valence-corrected chi connectivity index (χ0v) is 17.1. The van der Waals surface area contributed by atoms with Gasteiger partial charge < -0.3 is 0 Å². The van der Waals surface area contributed by atoms with Crippen LogP contribution in [0.4, 0.5) is 4.39 Å². The maximum atomic E-state index is 13.4. The lowest BCUT2D eigenvalue weighted by atomic mass is 9.99. The van der Waals surface area contributed by atoms with E-state index in [0.29, 0.717) is 17.6 Å². The molecule has 0 radical (unpaired) electrons. The molecule has 5 rings (SSSR count). The highest BCUT2D eigenvalue weighted by molar-refractivity contribution is 7.89. The van der Waals surface area contributed by atoms with E-state index < -0.39 is 21.9 Å². The van der Waals surface area contributed by atoms with Crippen LogP contribution in [-0.4, -0.2) is 28.5 Å². The predicted octanol–water partition coefficient (Wildman–Crippen LogP) is 4.31. The van der Waals surface area contributed by atoms with Crippen LogP contribution in [0.15, 0.2) is 95.2 Å². The molecule has 0 saturated carbocycles. The molecule has 3 aromatic carbocycles. The van der Waals surface area contributed by atoms with Crippen molar-refractivity contribution in [2.24, 2.45) is 5.10 Å². The molecule has 1 atom stereocenters. The fourth-order valence-corrected chi connectivity index (χ4v) is 5.10. The van der Waals surface area contributed by atoms with Crippen molar-refractivity contribution in [3.05, 3.63) is 102 Å². The van der Waals surface area contributed by atoms with Crippen molar-refractivity contribution in [2.75, 3.05) is 0 Å². The van der Waals surface area contributed by atoms with Crippen LogP contribution >= 0.6 is 0 Å². The van der Waals surface area contributed by atoms with E-state index in [0.717, 1.165) is 33.2 Å². The summed E-state index contributed by atoms with van der Waals surface area (Å²) in [6.45, 7) is 0. The van der Waals surface area contributed by atoms with Gasteiger partial charge in [0.2, 0.25) is 0 Å². The lowest BCUT2D eigenvalue weighted by molar-refractivity contribution is 0.371. The lowest BCUT2D eigenvalue weighted by Gasteiger charge is -2.23. The zero-order chi connectivity index (χ0) is 21.4. The van der Waals surface area contributed by atoms with E-state index in [1.165, 1.54) is 12.1 Å². The summed E-state index contributed by atoms with van der Waals surface area (Å²) >= 11 is 0. The van der Waals surface area contributed by atoms with Crippen molar-refractivity contribution >= 4 is 26.8 Å². The summed E-state index contributed by atoms with van der Waals surface area (Å²) in [5.41, 5.74) is 3.67. The first-order chi connectivity index (χ1) is 15.0. The Morgan fingerprint density at radius 2 is 1.58 bits per heavy atom. The summed E-state index contributed by atoms with van der Waals surface area (Å²) in [7, 11) is -4.00. The maximum absolute atomic E-state index is 13.4. The van der Waals surface area contributed by atoms with Gasteiger partial charge in [-0.25, -0.2) is 4.39 Å². The number of nitrogens with zero attached hydrogens (tertiary/aromatic N) is 4. The minimum Gasteiger partial charge on any atom is -0.253 e. The monoisotopic (exact) mass is 432 g/mol. The van der Waals surface area contributed by atoms with Gasteiger partial charge in [-0.2, -0.15) is 17.9 Å². The van der Waals surface area contributed by atoms with Crippen LogP contribution in [0.5, 0.6) is 0 Å². The Kier molecular flexibility index (Phi) is 4.71. The van der Waals surface area contributed by atoms with Gasteiger partial charge in [-0.1, -0.05) is 36.4 Å². The number of benzene rings is 3. The van der Waals surface area contributed by atoms with Gasteiger partial charge in [-0.05, 0) is 47.5 Å². The molecule has 6 nitrogen and oxygen atoms in total. The molecule has 8 heteroatoms. The molecule has 0 N–H and O–H groups in total. The summed E-state index contributed by atoms with van der Waals surface area (Å²) < 4.78 is 41.4. The van der Waals surface area contributed by atoms with E-state index in [1.807, 2.05) is 48.5 Å². The van der Waals surface area contributed by atoms with Crippen LogP contribution in [0, 0.1) is 5.82 Å². The van der Waals surface area contributed by atoms with Crippen molar-refractivity contribution in [3.8, 4) is 0 Å². The minimum atomic E-state index is -4.00. The van der Waals surface area contributed by atoms with Crippen LogP contribution in [0.3, 0.4) is 0 Å². The largest absolute Gasteiger partial charge is 0.279 e. The third-order valence-corrected chi connectivity index (χ3v) is 6.91. The summed E-state index contributed by atoms with van der Waals surface area (Å²) in [5.74, 6) is -0.501. The Bertz CT molecular complexity index is 1390. The molecular weight excluding hydrogens is 415 g/mol. The van der Waals surface area contributed by atoms with E-state index in [1.54, 1.807) is 12.4 Å². The quantitative estimate of drug-likeness (QED) is 0.482. The molecule has 1 unspecified atom stereocenters. The number of hydrazone groups is 1. The lowest BCUT2D eigenvalue weighted by Crippen LogP contribution is -2.27. The van der Waals surface area contributed by atoms with Crippen LogP contribution in [0.25, 0.3) is 11.0 Å². The van der Waals surface area contributed by atoms with Crippen molar-refractivity contribution < 1.29 is 12.8 Å². The number of hydrogen-bond donors (Lipinski definition) is 0. The molecule has 0 amide bonds. The van der Waals surface area contributed by atoms with Gasteiger partial charge in [0.15, 0.2) is 0 Å². The van der Waals surface area contributed by atoms with Crippen molar-refractivity contribution in [1.29, 1.82) is 0 Å². The van der Waals surface area contributed by atoms with E-state index in [9.17, 15) is 12.8 Å². The molecule has 0 fully saturated rings. The second-order valence-electron chi connectivity index (χ2n) is 7.17. The molecule has 1 aliphatic rings. The van der Waals surface area contributed by atoms with E-state index >= 15 is 0 Å². The highest BCUT2D eigenvalue weighted by Crippen LogP contribution is 2.37. The van der Waals surface area contributed by atoms with Crippen molar-refractivity contribution in [3.63, 3.8) is 0 Å². The Labute approximate surface area is 178 Å². The first-order valence-corrected chi connectivity index (χ1v) is 11.1. The second kappa shape index (κ2) is 7.55. The molecule has 31 heavy (non-hydrogen) atoms. The number of hydrogen-bond acceptors (Lipinski definition) is 5. The number of halogens is 1. The third kappa shape index (κ3) is 3.55. The molecule has 1 aliphatic heterocycles. The van der Waals surface area contributed by atoms with Gasteiger partial charge in [0.1, 0.15) is 5.82 Å². The second-order valence-corrected chi connectivity index (χ2v) is 8.96. The summed E-state index contributed by atoms with van der Waals surface area (Å²) in [4.78, 5) is 8.60. The minimum absolute atomic E-state index is 0.0162. The number of aromatic nitrogens is 2. The van der Waals surface area contributed by atoms with Crippen LogP contribution in [0.2, 0.25) is 0 Å². The Morgan fingerprint density at radius 3 is 2.32 bits per heavy atom. The van der Waals surface area contributed by atoms with Gasteiger partial charge in [0.05, 0.1) is 27.7 Å². The SMILES string of the molecule is O=S(=O)(c1ccc(F)cc1)N1N=C(c2ccccc2)CC1c1ccc2nccnc2c1. The average molecular weight is 432 g/mol. The predicted molar refractivity (Wildman–Crippen MR) is 115 cm³/mol. The highest BCUT2D eigenvalue weighted by atomic mass is 32.2. The summed E-state index contributed by atoms with van der Waals surface area (Å²) in [6.07, 6.45) is 3.61. The smallest absolute Gasteiger partial charge is 0.253 e. The van der Waals surface area contributed by atoms with Gasteiger partial charge in [0, 0.05) is 18.8 Å². The molecule has 0 bridgehead atoms. The summed E-state index contributed by atoms with van der Waals surface area (Å²) in [6, 6.07) is 19.2. The normalized spacial score (nSPS) is 16.5. The first kappa shape index (κ1) is 19.3. The van der Waals surface area contributed by atoms with Crippen LogP contribution < -0.4 is 0 Å². The first-order valence-electron chi connectivity index (χ1n) is 9.66. The summed E-state index contributed by atoms with van der Waals surface area (Å²) in [5, 5.41) is 4.50. The van der Waals surface area contributed by atoms with Gasteiger partial charge in [-0.3, -0.25) is 9.97 Å². The van der Waals surface area contributed by atoms with Gasteiger partial charge >= 0.3 is 0 Å². The fraction of sp³-hybridized carbons (Fsp3) is 0.0870. The fourth-order valence-electron chi connectivity index (χ4n) is 3.67. The standard InChI is InChI=1S/C23H17FN4O2S/c24-18-7-9-19(10-8-18)31(29,30)28-23(15-21(27-28)16-4-2-1-3-5-16)17-6-11-20-22(14-17)26-13-12-25-20/h1-14,23H,15H2. The number of sulfonamides is 1. The molecule has 4 aromatic rings. The molecule has 154 valence electrons.